The second-order valence-electron chi connectivity index (χ2n) is 5.71. The van der Waals surface area contributed by atoms with E-state index in [1.165, 1.54) is 17.5 Å². The number of rotatable bonds is 4. The van der Waals surface area contributed by atoms with Crippen LogP contribution in [0.25, 0.3) is 0 Å². The Morgan fingerprint density at radius 2 is 1.96 bits per heavy atom. The van der Waals surface area contributed by atoms with Crippen LogP contribution in [0.5, 0.6) is 0 Å². The van der Waals surface area contributed by atoms with Crippen molar-refractivity contribution in [3.8, 4) is 0 Å². The van der Waals surface area contributed by atoms with Gasteiger partial charge in [0.15, 0.2) is 5.96 Å². The molecular weight excluding hydrogens is 403 g/mol. The quantitative estimate of drug-likeness (QED) is 0.438. The molecule has 1 fully saturated rings. The van der Waals surface area contributed by atoms with Crippen molar-refractivity contribution in [2.75, 3.05) is 26.7 Å². The van der Waals surface area contributed by atoms with Crippen molar-refractivity contribution < 1.29 is 4.79 Å². The van der Waals surface area contributed by atoms with Crippen LogP contribution in [0.15, 0.2) is 29.3 Å². The van der Waals surface area contributed by atoms with Gasteiger partial charge in [0.1, 0.15) is 0 Å². The van der Waals surface area contributed by atoms with Gasteiger partial charge in [-0.05, 0) is 31.7 Å². The van der Waals surface area contributed by atoms with Crippen LogP contribution < -0.4 is 10.6 Å². The minimum absolute atomic E-state index is 0. The second-order valence-corrected chi connectivity index (χ2v) is 5.71. The van der Waals surface area contributed by atoms with Gasteiger partial charge < -0.3 is 15.5 Å². The van der Waals surface area contributed by atoms with Crippen molar-refractivity contribution in [2.24, 2.45) is 4.99 Å². The highest BCUT2D eigenvalue weighted by atomic mass is 127. The lowest BCUT2D eigenvalue weighted by Crippen LogP contribution is -2.45. The van der Waals surface area contributed by atoms with E-state index in [0.717, 1.165) is 25.9 Å². The van der Waals surface area contributed by atoms with E-state index in [1.807, 2.05) is 11.0 Å². The summed E-state index contributed by atoms with van der Waals surface area (Å²) in [5, 5.41) is 6.34. The molecule has 1 aromatic rings. The number of guanidine groups is 1. The number of hydrogen-bond acceptors (Lipinski definition) is 2. The molecule has 0 saturated carbocycles. The Hall–Kier alpha value is -1.31. The van der Waals surface area contributed by atoms with E-state index in [1.54, 1.807) is 7.05 Å². The molecule has 2 rings (SSSR count). The fraction of sp³-hybridized carbons (Fsp3) is 0.529. The smallest absolute Gasteiger partial charge is 0.241 e. The van der Waals surface area contributed by atoms with Crippen molar-refractivity contribution in [3.05, 3.63) is 35.4 Å². The predicted molar refractivity (Wildman–Crippen MR) is 105 cm³/mol. The van der Waals surface area contributed by atoms with Crippen LogP contribution in [-0.2, 0) is 11.3 Å². The third-order valence-corrected chi connectivity index (χ3v) is 3.88. The Morgan fingerprint density at radius 3 is 2.61 bits per heavy atom. The molecule has 0 spiro atoms. The van der Waals surface area contributed by atoms with Crippen LogP contribution in [0.3, 0.4) is 0 Å². The second kappa shape index (κ2) is 10.5. The first-order valence-electron chi connectivity index (χ1n) is 7.97. The molecule has 0 atom stereocenters. The monoisotopic (exact) mass is 430 g/mol. The highest BCUT2D eigenvalue weighted by Gasteiger charge is 2.16. The third kappa shape index (κ3) is 6.76. The molecule has 0 radical (unpaired) electrons. The highest BCUT2D eigenvalue weighted by molar-refractivity contribution is 14.0. The summed E-state index contributed by atoms with van der Waals surface area (Å²) < 4.78 is 0. The molecule has 5 nitrogen and oxygen atoms in total. The van der Waals surface area contributed by atoms with Gasteiger partial charge in [-0.3, -0.25) is 9.79 Å². The number of hydrogen-bond donors (Lipinski definition) is 2. The first-order valence-corrected chi connectivity index (χ1v) is 7.97. The molecular formula is C17H27IN4O. The van der Waals surface area contributed by atoms with Gasteiger partial charge in [0.05, 0.1) is 6.54 Å². The lowest BCUT2D eigenvalue weighted by molar-refractivity contribution is -0.130. The molecule has 1 heterocycles. The number of aryl methyl sites for hydroxylation is 1. The molecule has 1 aromatic carbocycles. The minimum atomic E-state index is 0. The lowest BCUT2D eigenvalue weighted by Gasteiger charge is -2.27. The summed E-state index contributed by atoms with van der Waals surface area (Å²) in [5.41, 5.74) is 2.44. The number of carbonyl (C=O) groups is 1. The largest absolute Gasteiger partial charge is 0.352 e. The van der Waals surface area contributed by atoms with Gasteiger partial charge >= 0.3 is 0 Å². The van der Waals surface area contributed by atoms with E-state index in [9.17, 15) is 4.79 Å². The molecule has 0 aliphatic carbocycles. The zero-order valence-corrected chi connectivity index (χ0v) is 16.3. The average Bonchev–Trinajstić information content (AvgIpc) is 2.55. The molecule has 2 N–H and O–H groups in total. The maximum atomic E-state index is 12.1. The van der Waals surface area contributed by atoms with Crippen LogP contribution in [0.2, 0.25) is 0 Å². The maximum Gasteiger partial charge on any atom is 0.241 e. The van der Waals surface area contributed by atoms with Crippen LogP contribution >= 0.6 is 24.0 Å². The molecule has 6 heteroatoms. The van der Waals surface area contributed by atoms with Crippen molar-refractivity contribution >= 4 is 35.8 Å². The summed E-state index contributed by atoms with van der Waals surface area (Å²) in [5.74, 6) is 0.810. The molecule has 1 aliphatic heterocycles. The van der Waals surface area contributed by atoms with Gasteiger partial charge in [-0.1, -0.05) is 29.8 Å². The molecule has 1 saturated heterocycles. The first-order chi connectivity index (χ1) is 10.7. The summed E-state index contributed by atoms with van der Waals surface area (Å²) in [6, 6.07) is 8.33. The van der Waals surface area contributed by atoms with Crippen molar-refractivity contribution in [3.63, 3.8) is 0 Å². The number of amides is 1. The minimum Gasteiger partial charge on any atom is -0.352 e. The van der Waals surface area contributed by atoms with Crippen molar-refractivity contribution in [1.29, 1.82) is 0 Å². The molecule has 1 aliphatic rings. The molecule has 1 amide bonds. The molecule has 0 aromatic heterocycles. The van der Waals surface area contributed by atoms with E-state index in [-0.39, 0.29) is 29.9 Å². The number of carbonyl (C=O) groups excluding carboxylic acids is 1. The van der Waals surface area contributed by atoms with Crippen LogP contribution in [-0.4, -0.2) is 43.4 Å². The third-order valence-electron chi connectivity index (χ3n) is 3.88. The van der Waals surface area contributed by atoms with Gasteiger partial charge in [0.25, 0.3) is 0 Å². The summed E-state index contributed by atoms with van der Waals surface area (Å²) in [4.78, 5) is 18.2. The molecule has 23 heavy (non-hydrogen) atoms. The Bertz CT molecular complexity index is 527. The zero-order valence-electron chi connectivity index (χ0n) is 14.0. The SMILES string of the molecule is CN=C(NCC(=O)N1CCCCC1)NCc1cccc(C)c1.I. The summed E-state index contributed by atoms with van der Waals surface area (Å²) in [7, 11) is 1.72. The number of piperidine rings is 1. The van der Waals surface area contributed by atoms with Crippen LogP contribution in [0.4, 0.5) is 0 Å². The van der Waals surface area contributed by atoms with E-state index in [4.69, 9.17) is 0 Å². The van der Waals surface area contributed by atoms with Crippen molar-refractivity contribution in [2.45, 2.75) is 32.7 Å². The van der Waals surface area contributed by atoms with Crippen molar-refractivity contribution in [1.82, 2.24) is 15.5 Å². The summed E-state index contributed by atoms with van der Waals surface area (Å²) >= 11 is 0. The number of aliphatic imine (C=N–C) groups is 1. The molecule has 0 unspecified atom stereocenters. The standard InChI is InChI=1S/C17H26N4O.HI/c1-14-7-6-8-15(11-14)12-19-17(18-2)20-13-16(22)21-9-4-3-5-10-21;/h6-8,11H,3-5,9-10,12-13H2,1-2H3,(H2,18,19,20);1H. The van der Waals surface area contributed by atoms with E-state index in [0.29, 0.717) is 19.0 Å². The Labute approximate surface area is 156 Å². The Morgan fingerprint density at radius 1 is 1.22 bits per heavy atom. The normalized spacial score (nSPS) is 14.9. The highest BCUT2D eigenvalue weighted by Crippen LogP contribution is 2.08. The number of benzene rings is 1. The van der Waals surface area contributed by atoms with Gasteiger partial charge in [0.2, 0.25) is 5.91 Å². The average molecular weight is 430 g/mol. The van der Waals surface area contributed by atoms with E-state index in [2.05, 4.69) is 40.7 Å². The Kier molecular flexibility index (Phi) is 8.98. The van der Waals surface area contributed by atoms with E-state index >= 15 is 0 Å². The van der Waals surface area contributed by atoms with Gasteiger partial charge in [-0.25, -0.2) is 0 Å². The zero-order chi connectivity index (χ0) is 15.8. The maximum absolute atomic E-state index is 12.1. The van der Waals surface area contributed by atoms with Gasteiger partial charge in [0, 0.05) is 26.7 Å². The Balaban J connectivity index is 0.00000264. The van der Waals surface area contributed by atoms with Crippen LogP contribution in [0, 0.1) is 6.92 Å². The van der Waals surface area contributed by atoms with Gasteiger partial charge in [-0.2, -0.15) is 0 Å². The lowest BCUT2D eigenvalue weighted by atomic mass is 10.1. The summed E-state index contributed by atoms with van der Waals surface area (Å²) in [6.45, 7) is 4.84. The molecule has 0 bridgehead atoms. The number of nitrogens with one attached hydrogen (secondary N) is 2. The number of likely N-dealkylation sites (tertiary alicyclic amines) is 1. The predicted octanol–water partition coefficient (Wildman–Crippen LogP) is 2.29. The fourth-order valence-corrected chi connectivity index (χ4v) is 2.64. The topological polar surface area (TPSA) is 56.7 Å². The van der Waals surface area contributed by atoms with E-state index < -0.39 is 0 Å². The summed E-state index contributed by atoms with van der Waals surface area (Å²) in [6.07, 6.45) is 3.47. The first kappa shape index (κ1) is 19.7. The number of halogens is 1. The number of nitrogens with zero attached hydrogens (tertiary/aromatic N) is 2. The fourth-order valence-electron chi connectivity index (χ4n) is 2.64. The van der Waals surface area contributed by atoms with Gasteiger partial charge in [-0.15, -0.1) is 24.0 Å². The van der Waals surface area contributed by atoms with Crippen LogP contribution in [0.1, 0.15) is 30.4 Å². The molecule has 128 valence electrons.